The lowest BCUT2D eigenvalue weighted by atomic mass is 9.84. The molecule has 1 aromatic rings. The van der Waals surface area contributed by atoms with Crippen LogP contribution < -0.4 is 4.74 Å². The zero-order valence-electron chi connectivity index (χ0n) is 13.4. The second-order valence-electron chi connectivity index (χ2n) is 6.28. The highest BCUT2D eigenvalue weighted by molar-refractivity contribution is 6.01. The summed E-state index contributed by atoms with van der Waals surface area (Å²) in [4.78, 5) is 14.6. The number of unbranched alkanes of at least 4 members (excludes halogenated alkanes) is 2. The highest BCUT2D eigenvalue weighted by Crippen LogP contribution is 2.32. The lowest BCUT2D eigenvalue weighted by Gasteiger charge is -2.41. The van der Waals surface area contributed by atoms with Crippen molar-refractivity contribution in [2.24, 2.45) is 5.92 Å². The molecule has 0 spiro atoms. The van der Waals surface area contributed by atoms with Crippen molar-refractivity contribution in [2.45, 2.75) is 39.0 Å². The Labute approximate surface area is 133 Å². The SMILES string of the molecule is CCCCCOc1ccc(/C=C2/C(=O)C3CCN2CC3)cc1. The third kappa shape index (κ3) is 3.34. The predicted octanol–water partition coefficient (Wildman–Crippen LogP) is 3.89. The molecule has 0 amide bonds. The molecule has 0 unspecified atom stereocenters. The molecule has 0 radical (unpaired) electrons. The van der Waals surface area contributed by atoms with Gasteiger partial charge in [0.2, 0.25) is 0 Å². The van der Waals surface area contributed by atoms with Crippen molar-refractivity contribution in [1.82, 2.24) is 4.90 Å². The summed E-state index contributed by atoms with van der Waals surface area (Å²) in [6.07, 6.45) is 7.62. The maximum atomic E-state index is 12.3. The number of hydrogen-bond acceptors (Lipinski definition) is 3. The molecule has 3 aliphatic rings. The molecule has 118 valence electrons. The number of nitrogens with zero attached hydrogens (tertiary/aromatic N) is 1. The molecule has 3 nitrogen and oxygen atoms in total. The summed E-state index contributed by atoms with van der Waals surface area (Å²) < 4.78 is 5.73. The fraction of sp³-hybridized carbons (Fsp3) is 0.526. The molecule has 3 aliphatic heterocycles. The van der Waals surface area contributed by atoms with E-state index in [0.29, 0.717) is 5.78 Å². The van der Waals surface area contributed by atoms with Gasteiger partial charge in [0.1, 0.15) is 5.75 Å². The molecular weight excluding hydrogens is 274 g/mol. The maximum absolute atomic E-state index is 12.3. The van der Waals surface area contributed by atoms with E-state index in [1.807, 2.05) is 30.3 Å². The molecule has 3 heterocycles. The number of piperidine rings is 3. The number of ketones is 1. The summed E-state index contributed by atoms with van der Waals surface area (Å²) in [5.74, 6) is 1.50. The Hall–Kier alpha value is -1.77. The lowest BCUT2D eigenvalue weighted by molar-refractivity contribution is -0.125. The molecule has 3 heteroatoms. The number of fused-ring (bicyclic) bond motifs is 3. The van der Waals surface area contributed by atoms with E-state index < -0.39 is 0 Å². The molecule has 0 aromatic heterocycles. The molecule has 0 aliphatic carbocycles. The Kier molecular flexibility index (Phi) is 4.81. The third-order valence-electron chi connectivity index (χ3n) is 4.66. The van der Waals surface area contributed by atoms with Crippen LogP contribution in [0.5, 0.6) is 5.75 Å². The molecule has 1 aromatic carbocycles. The van der Waals surface area contributed by atoms with Crippen molar-refractivity contribution in [3.05, 3.63) is 35.5 Å². The van der Waals surface area contributed by atoms with Gasteiger partial charge in [-0.1, -0.05) is 31.9 Å². The average Bonchev–Trinajstić information content (AvgIpc) is 2.57. The fourth-order valence-corrected chi connectivity index (χ4v) is 3.27. The van der Waals surface area contributed by atoms with E-state index in [-0.39, 0.29) is 5.92 Å². The summed E-state index contributed by atoms with van der Waals surface area (Å²) in [6, 6.07) is 8.08. The van der Waals surface area contributed by atoms with Crippen LogP contribution in [0.4, 0.5) is 0 Å². The van der Waals surface area contributed by atoms with Gasteiger partial charge in [0, 0.05) is 19.0 Å². The van der Waals surface area contributed by atoms with Crippen LogP contribution >= 0.6 is 0 Å². The minimum atomic E-state index is 0.262. The molecule has 0 atom stereocenters. The minimum Gasteiger partial charge on any atom is -0.494 e. The molecule has 3 saturated heterocycles. The van der Waals surface area contributed by atoms with Crippen molar-refractivity contribution in [1.29, 1.82) is 0 Å². The lowest BCUT2D eigenvalue weighted by Crippen LogP contribution is -2.45. The first-order valence-corrected chi connectivity index (χ1v) is 8.51. The number of allylic oxidation sites excluding steroid dienone is 1. The van der Waals surface area contributed by atoms with Gasteiger partial charge in [-0.25, -0.2) is 0 Å². The van der Waals surface area contributed by atoms with Gasteiger partial charge in [-0.2, -0.15) is 0 Å². The minimum absolute atomic E-state index is 0.262. The Balaban J connectivity index is 1.63. The standard InChI is InChI=1S/C19H25NO2/c1-2-3-4-13-22-17-7-5-15(6-8-17)14-18-19(21)16-9-11-20(18)12-10-16/h5-8,14,16H,2-4,9-13H2,1H3/b18-14-. The molecule has 0 N–H and O–H groups in total. The number of benzene rings is 1. The number of Topliss-reactive ketones (excluding diaryl/α,β-unsaturated/α-hetero) is 1. The fourth-order valence-electron chi connectivity index (χ4n) is 3.27. The van der Waals surface area contributed by atoms with Gasteiger partial charge < -0.3 is 9.64 Å². The number of rotatable bonds is 6. The van der Waals surface area contributed by atoms with Gasteiger partial charge in [-0.15, -0.1) is 0 Å². The average molecular weight is 299 g/mol. The summed E-state index contributed by atoms with van der Waals surface area (Å²) >= 11 is 0. The summed E-state index contributed by atoms with van der Waals surface area (Å²) in [7, 11) is 0. The van der Waals surface area contributed by atoms with E-state index in [0.717, 1.165) is 56.0 Å². The zero-order chi connectivity index (χ0) is 15.4. The van der Waals surface area contributed by atoms with Gasteiger partial charge in [-0.05, 0) is 43.0 Å². The van der Waals surface area contributed by atoms with E-state index in [1.165, 1.54) is 12.8 Å². The molecule has 0 saturated carbocycles. The first-order chi connectivity index (χ1) is 10.8. The Morgan fingerprint density at radius 3 is 2.55 bits per heavy atom. The van der Waals surface area contributed by atoms with Crippen molar-refractivity contribution in [2.75, 3.05) is 19.7 Å². The zero-order valence-corrected chi connectivity index (χ0v) is 13.4. The molecular formula is C19H25NO2. The van der Waals surface area contributed by atoms with Crippen LogP contribution in [-0.4, -0.2) is 30.4 Å². The summed E-state index contributed by atoms with van der Waals surface area (Å²) in [5.41, 5.74) is 1.98. The first-order valence-electron chi connectivity index (χ1n) is 8.51. The van der Waals surface area contributed by atoms with E-state index in [4.69, 9.17) is 4.74 Å². The van der Waals surface area contributed by atoms with Gasteiger partial charge >= 0.3 is 0 Å². The van der Waals surface area contributed by atoms with Gasteiger partial charge in [0.05, 0.1) is 12.3 Å². The van der Waals surface area contributed by atoms with Crippen LogP contribution in [0.2, 0.25) is 0 Å². The number of carbonyl (C=O) groups is 1. The van der Waals surface area contributed by atoms with Crippen LogP contribution in [0.15, 0.2) is 30.0 Å². The predicted molar refractivity (Wildman–Crippen MR) is 88.7 cm³/mol. The topological polar surface area (TPSA) is 29.5 Å². The molecule has 3 fully saturated rings. The largest absolute Gasteiger partial charge is 0.494 e. The van der Waals surface area contributed by atoms with E-state index in [1.54, 1.807) is 0 Å². The summed E-state index contributed by atoms with van der Waals surface area (Å²) in [6.45, 7) is 5.03. The van der Waals surface area contributed by atoms with Gasteiger partial charge in [0.25, 0.3) is 0 Å². The van der Waals surface area contributed by atoms with E-state index >= 15 is 0 Å². The molecule has 2 bridgehead atoms. The normalized spacial score (nSPS) is 20.0. The van der Waals surface area contributed by atoms with Crippen LogP contribution in [0, 0.1) is 5.92 Å². The van der Waals surface area contributed by atoms with Crippen molar-refractivity contribution < 1.29 is 9.53 Å². The van der Waals surface area contributed by atoms with Crippen LogP contribution in [0.3, 0.4) is 0 Å². The Morgan fingerprint density at radius 1 is 1.18 bits per heavy atom. The smallest absolute Gasteiger partial charge is 0.182 e. The van der Waals surface area contributed by atoms with Crippen molar-refractivity contribution >= 4 is 11.9 Å². The number of hydrogen-bond donors (Lipinski definition) is 0. The molecule has 22 heavy (non-hydrogen) atoms. The number of carbonyl (C=O) groups excluding carboxylic acids is 1. The first kappa shape index (κ1) is 15.1. The van der Waals surface area contributed by atoms with Gasteiger partial charge in [0.15, 0.2) is 5.78 Å². The second-order valence-corrected chi connectivity index (χ2v) is 6.28. The number of ether oxygens (including phenoxy) is 1. The van der Waals surface area contributed by atoms with E-state index in [2.05, 4.69) is 11.8 Å². The maximum Gasteiger partial charge on any atom is 0.182 e. The highest BCUT2D eigenvalue weighted by atomic mass is 16.5. The van der Waals surface area contributed by atoms with Crippen molar-refractivity contribution in [3.8, 4) is 5.75 Å². The quantitative estimate of drug-likeness (QED) is 0.589. The summed E-state index contributed by atoms with van der Waals surface area (Å²) in [5, 5.41) is 0. The van der Waals surface area contributed by atoms with Gasteiger partial charge in [-0.3, -0.25) is 4.79 Å². The van der Waals surface area contributed by atoms with Crippen LogP contribution in [0.1, 0.15) is 44.6 Å². The second kappa shape index (κ2) is 6.99. The highest BCUT2D eigenvalue weighted by Gasteiger charge is 2.36. The Bertz CT molecular complexity index is 539. The van der Waals surface area contributed by atoms with Crippen LogP contribution in [-0.2, 0) is 4.79 Å². The van der Waals surface area contributed by atoms with E-state index in [9.17, 15) is 4.79 Å². The van der Waals surface area contributed by atoms with Crippen LogP contribution in [0.25, 0.3) is 6.08 Å². The monoisotopic (exact) mass is 299 g/mol. The third-order valence-corrected chi connectivity index (χ3v) is 4.66. The molecule has 4 rings (SSSR count). The Morgan fingerprint density at radius 2 is 1.91 bits per heavy atom. The van der Waals surface area contributed by atoms with Crippen molar-refractivity contribution in [3.63, 3.8) is 0 Å².